The summed E-state index contributed by atoms with van der Waals surface area (Å²) in [6.45, 7) is 0. The molecule has 1 aliphatic heterocycles. The summed E-state index contributed by atoms with van der Waals surface area (Å²) >= 11 is 12.1. The SMILES string of the molecule is COc1ccc(OC)c(/C=N/N=C2/C(=O)Nc3c(Cl)cc(Cl)cc32)c1. The van der Waals surface area contributed by atoms with Crippen molar-refractivity contribution in [3.8, 4) is 11.5 Å². The summed E-state index contributed by atoms with van der Waals surface area (Å²) in [4.78, 5) is 12.1. The minimum atomic E-state index is -0.395. The van der Waals surface area contributed by atoms with Gasteiger partial charge in [-0.3, -0.25) is 4.79 Å². The van der Waals surface area contributed by atoms with Crippen LogP contribution in [0.3, 0.4) is 0 Å². The van der Waals surface area contributed by atoms with Crippen molar-refractivity contribution < 1.29 is 14.3 Å². The third kappa shape index (κ3) is 3.45. The number of fused-ring (bicyclic) bond motifs is 1. The first-order chi connectivity index (χ1) is 12.0. The third-order valence-corrected chi connectivity index (χ3v) is 4.07. The standard InChI is InChI=1S/C17H13Cl2N3O3/c1-24-11-3-4-14(25-2)9(5-11)8-20-22-16-12-6-10(18)7-13(19)15(12)21-17(16)23/h3-8H,1-2H3,(H,21,22,23)/b20-8+. The molecule has 1 heterocycles. The quantitative estimate of drug-likeness (QED) is 0.650. The van der Waals surface area contributed by atoms with Crippen LogP contribution in [0.2, 0.25) is 10.0 Å². The zero-order chi connectivity index (χ0) is 18.0. The number of amides is 1. The fourth-order valence-corrected chi connectivity index (χ4v) is 2.91. The van der Waals surface area contributed by atoms with Gasteiger partial charge in [-0.15, -0.1) is 5.10 Å². The number of nitrogens with zero attached hydrogens (tertiary/aromatic N) is 2. The molecule has 8 heteroatoms. The molecule has 0 unspecified atom stereocenters. The largest absolute Gasteiger partial charge is 0.497 e. The van der Waals surface area contributed by atoms with Crippen LogP contribution in [-0.2, 0) is 4.79 Å². The second-order valence-corrected chi connectivity index (χ2v) is 5.91. The van der Waals surface area contributed by atoms with Gasteiger partial charge >= 0.3 is 0 Å². The number of methoxy groups -OCH3 is 2. The molecule has 0 spiro atoms. The van der Waals surface area contributed by atoms with Crippen molar-refractivity contribution in [1.29, 1.82) is 0 Å². The van der Waals surface area contributed by atoms with E-state index in [1.165, 1.54) is 6.21 Å². The highest BCUT2D eigenvalue weighted by Gasteiger charge is 2.28. The Morgan fingerprint density at radius 3 is 2.64 bits per heavy atom. The zero-order valence-corrected chi connectivity index (χ0v) is 14.9. The summed E-state index contributed by atoms with van der Waals surface area (Å²) in [6.07, 6.45) is 1.48. The van der Waals surface area contributed by atoms with Gasteiger partial charge in [0, 0.05) is 16.1 Å². The minimum absolute atomic E-state index is 0.137. The van der Waals surface area contributed by atoms with Crippen LogP contribution < -0.4 is 14.8 Å². The predicted octanol–water partition coefficient (Wildman–Crippen LogP) is 3.79. The Hall–Kier alpha value is -2.57. The molecule has 25 heavy (non-hydrogen) atoms. The van der Waals surface area contributed by atoms with Crippen LogP contribution in [0, 0.1) is 0 Å². The highest BCUT2D eigenvalue weighted by atomic mass is 35.5. The van der Waals surface area contributed by atoms with Gasteiger partial charge in [0.2, 0.25) is 0 Å². The number of hydrogen-bond acceptors (Lipinski definition) is 5. The molecule has 1 N–H and O–H groups in total. The van der Waals surface area contributed by atoms with Gasteiger partial charge in [-0.1, -0.05) is 23.2 Å². The van der Waals surface area contributed by atoms with Crippen molar-refractivity contribution in [3.05, 3.63) is 51.5 Å². The summed E-state index contributed by atoms with van der Waals surface area (Å²) in [5.74, 6) is 0.860. The maximum absolute atomic E-state index is 12.1. The van der Waals surface area contributed by atoms with E-state index in [-0.39, 0.29) is 5.71 Å². The molecule has 0 radical (unpaired) electrons. The van der Waals surface area contributed by atoms with Crippen molar-refractivity contribution in [1.82, 2.24) is 0 Å². The number of benzene rings is 2. The molecule has 3 rings (SSSR count). The molecule has 2 aromatic carbocycles. The van der Waals surface area contributed by atoms with Gasteiger partial charge in [-0.25, -0.2) is 0 Å². The Kier molecular flexibility index (Phi) is 4.92. The molecule has 0 saturated carbocycles. The molecule has 0 saturated heterocycles. The van der Waals surface area contributed by atoms with E-state index in [1.54, 1.807) is 44.6 Å². The van der Waals surface area contributed by atoms with Gasteiger partial charge in [0.1, 0.15) is 11.5 Å². The molecule has 0 atom stereocenters. The van der Waals surface area contributed by atoms with Crippen LogP contribution >= 0.6 is 23.2 Å². The van der Waals surface area contributed by atoms with Crippen molar-refractivity contribution in [2.24, 2.45) is 10.2 Å². The summed E-state index contributed by atoms with van der Waals surface area (Å²) in [5, 5.41) is 11.4. The lowest BCUT2D eigenvalue weighted by atomic mass is 10.1. The molecule has 2 aromatic rings. The van der Waals surface area contributed by atoms with Crippen LogP contribution in [0.1, 0.15) is 11.1 Å². The molecular formula is C17H13Cl2N3O3. The van der Waals surface area contributed by atoms with Crippen molar-refractivity contribution in [2.75, 3.05) is 19.5 Å². The smallest absolute Gasteiger partial charge is 0.276 e. The molecule has 1 aliphatic rings. The average molecular weight is 378 g/mol. The zero-order valence-electron chi connectivity index (χ0n) is 13.3. The normalized spacial score (nSPS) is 14.7. The van der Waals surface area contributed by atoms with E-state index in [9.17, 15) is 4.79 Å². The number of rotatable bonds is 4. The lowest BCUT2D eigenvalue weighted by Crippen LogP contribution is -2.13. The summed E-state index contributed by atoms with van der Waals surface area (Å²) < 4.78 is 10.4. The second-order valence-electron chi connectivity index (χ2n) is 5.07. The van der Waals surface area contributed by atoms with Crippen molar-refractivity contribution >= 4 is 46.7 Å². The number of carbonyl (C=O) groups is 1. The first kappa shape index (κ1) is 17.3. The highest BCUT2D eigenvalue weighted by Crippen LogP contribution is 2.34. The van der Waals surface area contributed by atoms with Gasteiger partial charge in [0.15, 0.2) is 5.71 Å². The summed E-state index contributed by atoms with van der Waals surface area (Å²) in [5.41, 5.74) is 1.78. The first-order valence-corrected chi connectivity index (χ1v) is 7.93. The summed E-state index contributed by atoms with van der Waals surface area (Å²) in [6, 6.07) is 8.44. The molecule has 6 nitrogen and oxygen atoms in total. The Labute approximate surface area is 154 Å². The maximum Gasteiger partial charge on any atom is 0.276 e. The monoisotopic (exact) mass is 377 g/mol. The van der Waals surface area contributed by atoms with Crippen LogP contribution in [0.4, 0.5) is 5.69 Å². The van der Waals surface area contributed by atoms with Crippen LogP contribution in [0.25, 0.3) is 0 Å². The van der Waals surface area contributed by atoms with Crippen molar-refractivity contribution in [2.45, 2.75) is 0 Å². The Bertz CT molecular complexity index is 910. The highest BCUT2D eigenvalue weighted by molar-refractivity contribution is 6.56. The lowest BCUT2D eigenvalue weighted by molar-refractivity contribution is -0.110. The number of nitrogens with one attached hydrogen (secondary N) is 1. The predicted molar refractivity (Wildman–Crippen MR) is 98.8 cm³/mol. The number of carbonyl (C=O) groups excluding carboxylic acids is 1. The fourth-order valence-electron chi connectivity index (χ4n) is 2.37. The van der Waals surface area contributed by atoms with Crippen LogP contribution in [-0.4, -0.2) is 32.1 Å². The van der Waals surface area contributed by atoms with E-state index in [4.69, 9.17) is 32.7 Å². The molecule has 0 aliphatic carbocycles. The number of anilines is 1. The van der Waals surface area contributed by atoms with Gasteiger partial charge in [-0.2, -0.15) is 5.10 Å². The van der Waals surface area contributed by atoms with Gasteiger partial charge in [0.05, 0.1) is 31.1 Å². The van der Waals surface area contributed by atoms with E-state index < -0.39 is 5.91 Å². The molecule has 1 amide bonds. The first-order valence-electron chi connectivity index (χ1n) is 7.17. The Morgan fingerprint density at radius 2 is 1.92 bits per heavy atom. The minimum Gasteiger partial charge on any atom is -0.497 e. The van der Waals surface area contributed by atoms with Gasteiger partial charge < -0.3 is 14.8 Å². The van der Waals surface area contributed by atoms with E-state index in [1.807, 2.05) is 0 Å². The number of halogens is 2. The van der Waals surface area contributed by atoms with E-state index in [2.05, 4.69) is 15.5 Å². The fraction of sp³-hybridized carbons (Fsp3) is 0.118. The second kappa shape index (κ2) is 7.13. The van der Waals surface area contributed by atoms with E-state index in [0.717, 1.165) is 0 Å². The van der Waals surface area contributed by atoms with Crippen molar-refractivity contribution in [3.63, 3.8) is 0 Å². The topological polar surface area (TPSA) is 72.3 Å². The number of ether oxygens (including phenoxy) is 2. The molecule has 0 fully saturated rings. The summed E-state index contributed by atoms with van der Waals surface area (Å²) in [7, 11) is 3.12. The molecule has 128 valence electrons. The van der Waals surface area contributed by atoms with Crippen LogP contribution in [0.5, 0.6) is 11.5 Å². The number of hydrogen-bond donors (Lipinski definition) is 1. The average Bonchev–Trinajstić information content (AvgIpc) is 2.91. The Morgan fingerprint density at radius 1 is 1.12 bits per heavy atom. The maximum atomic E-state index is 12.1. The molecular weight excluding hydrogens is 365 g/mol. The molecule has 0 aromatic heterocycles. The van der Waals surface area contributed by atoms with E-state index in [0.29, 0.717) is 38.4 Å². The third-order valence-electron chi connectivity index (χ3n) is 3.56. The lowest BCUT2D eigenvalue weighted by Gasteiger charge is -2.06. The van der Waals surface area contributed by atoms with E-state index >= 15 is 0 Å². The van der Waals surface area contributed by atoms with Gasteiger partial charge in [0.25, 0.3) is 5.91 Å². The Balaban J connectivity index is 1.96. The molecule has 0 bridgehead atoms. The van der Waals surface area contributed by atoms with Gasteiger partial charge in [-0.05, 0) is 30.3 Å². The van der Waals surface area contributed by atoms with Crippen LogP contribution in [0.15, 0.2) is 40.5 Å².